The number of nitro groups is 1. The van der Waals surface area contributed by atoms with Gasteiger partial charge in [0, 0.05) is 11.1 Å². The van der Waals surface area contributed by atoms with Crippen molar-refractivity contribution in [1.82, 2.24) is 0 Å². The van der Waals surface area contributed by atoms with Gasteiger partial charge >= 0.3 is 0 Å². The van der Waals surface area contributed by atoms with Crippen molar-refractivity contribution >= 4 is 5.69 Å². The minimum atomic E-state index is -0.903. The van der Waals surface area contributed by atoms with Crippen LogP contribution in [0.5, 0.6) is 0 Å². The normalized spacial score (nSPS) is 10.2. The summed E-state index contributed by atoms with van der Waals surface area (Å²) >= 11 is 0. The molecule has 0 aliphatic heterocycles. The number of nitrogens with zero attached hydrogens (tertiary/aromatic N) is 2. The topological polar surface area (TPSA) is 95.5 Å². The maximum atomic E-state index is 11.0. The molecule has 1 aromatic rings. The van der Waals surface area contributed by atoms with Gasteiger partial charge in [0.25, 0.3) is 10.8 Å². The van der Waals surface area contributed by atoms with E-state index in [1.54, 1.807) is 27.7 Å². The highest BCUT2D eigenvalue weighted by Crippen LogP contribution is 2.32. The molecule has 18 heavy (non-hydrogen) atoms. The zero-order chi connectivity index (χ0) is 14.0. The minimum Gasteiger partial charge on any atom is -0.309 e. The molecular formula is C11H14N2O5. The summed E-state index contributed by atoms with van der Waals surface area (Å²) in [5.41, 5.74) is 3.05. The Labute approximate surface area is 104 Å². The molecule has 7 nitrogen and oxygen atoms in total. The van der Waals surface area contributed by atoms with Crippen LogP contribution in [0.1, 0.15) is 27.8 Å². The molecule has 0 N–H and O–H groups in total. The van der Waals surface area contributed by atoms with E-state index in [1.165, 1.54) is 0 Å². The first-order valence-electron chi connectivity index (χ1n) is 5.28. The fourth-order valence-electron chi connectivity index (χ4n) is 2.00. The third-order valence-electron chi connectivity index (χ3n) is 3.24. The van der Waals surface area contributed by atoms with Gasteiger partial charge in [-0.25, -0.2) is 0 Å². The van der Waals surface area contributed by atoms with E-state index >= 15 is 0 Å². The third-order valence-corrected chi connectivity index (χ3v) is 3.24. The van der Waals surface area contributed by atoms with Gasteiger partial charge in [-0.2, -0.15) is 0 Å². The molecule has 0 fully saturated rings. The highest BCUT2D eigenvalue weighted by molar-refractivity contribution is 5.57. The standard InChI is InChI=1S/C11H14N2O5/c1-6-7(2)10(5-18-13(16)17)9(4)11(8(6)3)12(14)15/h5H2,1-4H3. The Kier molecular flexibility index (Phi) is 3.85. The van der Waals surface area contributed by atoms with Gasteiger partial charge in [-0.05, 0) is 44.4 Å². The third kappa shape index (κ3) is 2.39. The van der Waals surface area contributed by atoms with E-state index in [9.17, 15) is 20.2 Å². The number of rotatable bonds is 4. The molecule has 0 heterocycles. The zero-order valence-electron chi connectivity index (χ0n) is 10.6. The summed E-state index contributed by atoms with van der Waals surface area (Å²) in [6, 6.07) is 0. The van der Waals surface area contributed by atoms with Crippen LogP contribution in [-0.2, 0) is 11.4 Å². The Morgan fingerprint density at radius 3 is 1.94 bits per heavy atom. The number of nitro benzene ring substituents is 1. The Morgan fingerprint density at radius 1 is 0.944 bits per heavy atom. The van der Waals surface area contributed by atoms with Crippen molar-refractivity contribution in [3.8, 4) is 0 Å². The van der Waals surface area contributed by atoms with Gasteiger partial charge in [0.2, 0.25) is 0 Å². The van der Waals surface area contributed by atoms with E-state index in [1.807, 2.05) is 0 Å². The summed E-state index contributed by atoms with van der Waals surface area (Å²) < 4.78 is 0. The van der Waals surface area contributed by atoms with Gasteiger partial charge in [-0.1, -0.05) is 0 Å². The van der Waals surface area contributed by atoms with Crippen molar-refractivity contribution in [3.05, 3.63) is 48.0 Å². The van der Waals surface area contributed by atoms with Crippen LogP contribution < -0.4 is 0 Å². The fraction of sp³-hybridized carbons (Fsp3) is 0.455. The molecule has 0 amide bonds. The van der Waals surface area contributed by atoms with Gasteiger partial charge in [-0.3, -0.25) is 10.1 Å². The van der Waals surface area contributed by atoms with Crippen LogP contribution in [-0.4, -0.2) is 10.0 Å². The maximum absolute atomic E-state index is 11.0. The largest absolute Gasteiger partial charge is 0.309 e. The van der Waals surface area contributed by atoms with Crippen molar-refractivity contribution < 1.29 is 14.8 Å². The minimum absolute atomic E-state index is 0.0000444. The number of hydrogen-bond acceptors (Lipinski definition) is 5. The average Bonchev–Trinajstić information content (AvgIpc) is 2.25. The molecule has 1 aromatic carbocycles. The first kappa shape index (κ1) is 13.9. The lowest BCUT2D eigenvalue weighted by atomic mass is 9.92. The van der Waals surface area contributed by atoms with Crippen LogP contribution in [0.4, 0.5) is 5.69 Å². The van der Waals surface area contributed by atoms with Gasteiger partial charge in [0.05, 0.1) is 4.92 Å². The molecule has 0 spiro atoms. The van der Waals surface area contributed by atoms with Gasteiger partial charge in [0.1, 0.15) is 6.61 Å². The van der Waals surface area contributed by atoms with Crippen LogP contribution in [0.25, 0.3) is 0 Å². The molecule has 0 unspecified atom stereocenters. The zero-order valence-corrected chi connectivity index (χ0v) is 10.6. The summed E-state index contributed by atoms with van der Waals surface area (Å²) in [5, 5.41) is 20.3. The van der Waals surface area contributed by atoms with Gasteiger partial charge in [-0.15, -0.1) is 10.1 Å². The molecule has 0 saturated heterocycles. The Hall–Kier alpha value is -2.18. The van der Waals surface area contributed by atoms with Gasteiger partial charge in [0.15, 0.2) is 0 Å². The molecule has 1 rings (SSSR count). The molecule has 98 valence electrons. The van der Waals surface area contributed by atoms with Crippen LogP contribution in [0.15, 0.2) is 0 Å². The Balaban J connectivity index is 3.42. The van der Waals surface area contributed by atoms with Gasteiger partial charge < -0.3 is 4.84 Å². The molecule has 0 atom stereocenters. The summed E-state index contributed by atoms with van der Waals surface area (Å²) in [7, 11) is 0. The van der Waals surface area contributed by atoms with Crippen molar-refractivity contribution in [1.29, 1.82) is 0 Å². The fourth-order valence-corrected chi connectivity index (χ4v) is 2.00. The molecular weight excluding hydrogens is 240 g/mol. The van der Waals surface area contributed by atoms with E-state index in [0.717, 1.165) is 11.1 Å². The van der Waals surface area contributed by atoms with Crippen molar-refractivity contribution in [3.63, 3.8) is 0 Å². The van der Waals surface area contributed by atoms with E-state index in [0.29, 0.717) is 16.7 Å². The highest BCUT2D eigenvalue weighted by atomic mass is 16.9. The van der Waals surface area contributed by atoms with E-state index in [-0.39, 0.29) is 12.3 Å². The summed E-state index contributed by atoms with van der Waals surface area (Å²) in [6.45, 7) is 6.51. The van der Waals surface area contributed by atoms with E-state index in [4.69, 9.17) is 0 Å². The lowest BCUT2D eigenvalue weighted by Gasteiger charge is -2.14. The van der Waals surface area contributed by atoms with Crippen LogP contribution in [0.3, 0.4) is 0 Å². The molecule has 0 radical (unpaired) electrons. The van der Waals surface area contributed by atoms with Crippen LogP contribution in [0.2, 0.25) is 0 Å². The smallest absolute Gasteiger partial charge is 0.294 e. The number of hydrogen-bond donors (Lipinski definition) is 0. The highest BCUT2D eigenvalue weighted by Gasteiger charge is 2.23. The summed E-state index contributed by atoms with van der Waals surface area (Å²) in [6.07, 6.45) is 0. The Bertz CT molecular complexity index is 525. The second-order valence-corrected chi connectivity index (χ2v) is 4.08. The molecule has 0 bridgehead atoms. The van der Waals surface area contributed by atoms with Crippen LogP contribution in [0, 0.1) is 47.9 Å². The molecule has 7 heteroatoms. The SMILES string of the molecule is Cc1c(C)c(CO[N+](=O)[O-])c(C)c([N+](=O)[O-])c1C. The average molecular weight is 254 g/mol. The lowest BCUT2D eigenvalue weighted by Crippen LogP contribution is -2.08. The number of benzene rings is 1. The second-order valence-electron chi connectivity index (χ2n) is 4.08. The second kappa shape index (κ2) is 4.99. The Morgan fingerprint density at radius 2 is 1.50 bits per heavy atom. The monoisotopic (exact) mass is 254 g/mol. The van der Waals surface area contributed by atoms with E-state index < -0.39 is 10.0 Å². The van der Waals surface area contributed by atoms with E-state index in [2.05, 4.69) is 4.84 Å². The molecule has 0 aliphatic carbocycles. The summed E-state index contributed by atoms with van der Waals surface area (Å²) in [4.78, 5) is 25.1. The van der Waals surface area contributed by atoms with Crippen molar-refractivity contribution in [2.24, 2.45) is 0 Å². The quantitative estimate of drug-likeness (QED) is 0.607. The van der Waals surface area contributed by atoms with Crippen molar-refractivity contribution in [2.75, 3.05) is 0 Å². The maximum Gasteiger partial charge on any atom is 0.294 e. The molecule has 0 aromatic heterocycles. The summed E-state index contributed by atoms with van der Waals surface area (Å²) in [5.74, 6) is 0. The predicted octanol–water partition coefficient (Wildman–Crippen LogP) is 2.54. The van der Waals surface area contributed by atoms with Crippen LogP contribution >= 0.6 is 0 Å². The lowest BCUT2D eigenvalue weighted by molar-refractivity contribution is -0.763. The molecule has 0 aliphatic rings. The molecule has 0 saturated carbocycles. The first-order valence-corrected chi connectivity index (χ1v) is 5.28. The predicted molar refractivity (Wildman–Crippen MR) is 63.8 cm³/mol. The van der Waals surface area contributed by atoms with Crippen molar-refractivity contribution in [2.45, 2.75) is 34.3 Å². The first-order chi connectivity index (χ1) is 8.27.